The van der Waals surface area contributed by atoms with Gasteiger partial charge in [-0.25, -0.2) is 4.98 Å². The zero-order valence-electron chi connectivity index (χ0n) is 9.83. The Bertz CT molecular complexity index is 297. The van der Waals surface area contributed by atoms with E-state index in [0.29, 0.717) is 10.7 Å². The van der Waals surface area contributed by atoms with Gasteiger partial charge in [-0.2, -0.15) is 4.37 Å². The summed E-state index contributed by atoms with van der Waals surface area (Å²) in [5.74, 6) is 2.15. The summed E-state index contributed by atoms with van der Waals surface area (Å²) in [6.07, 6.45) is 2.19. The number of hydrogen-bond acceptors (Lipinski definition) is 3. The standard InChI is InChI=1S/C11H19BrN2S/c1-7(2)5-9(12)6-10-13-11(8(3)4)14-15-10/h7-9H,5-6H2,1-4H3. The fraction of sp³-hybridized carbons (Fsp3) is 0.818. The molecule has 0 saturated heterocycles. The van der Waals surface area contributed by atoms with E-state index < -0.39 is 0 Å². The van der Waals surface area contributed by atoms with Crippen LogP contribution in [0, 0.1) is 5.92 Å². The fourth-order valence-corrected chi connectivity index (χ4v) is 3.50. The predicted octanol–water partition coefficient (Wildman–Crippen LogP) is 4.01. The van der Waals surface area contributed by atoms with Crippen molar-refractivity contribution in [2.75, 3.05) is 0 Å². The number of hydrogen-bond donors (Lipinski definition) is 0. The molecule has 1 aromatic heterocycles. The summed E-state index contributed by atoms with van der Waals surface area (Å²) < 4.78 is 4.36. The molecule has 86 valence electrons. The second kappa shape index (κ2) is 5.94. The summed E-state index contributed by atoms with van der Waals surface area (Å²) in [5.41, 5.74) is 0. The third-order valence-corrected chi connectivity index (χ3v) is 3.57. The molecular formula is C11H19BrN2S. The first kappa shape index (κ1) is 13.1. The highest BCUT2D eigenvalue weighted by molar-refractivity contribution is 9.09. The van der Waals surface area contributed by atoms with Gasteiger partial charge in [-0.3, -0.25) is 0 Å². The summed E-state index contributed by atoms with van der Waals surface area (Å²) in [6, 6.07) is 0. The van der Waals surface area contributed by atoms with Crippen LogP contribution in [0.3, 0.4) is 0 Å². The molecule has 1 rings (SSSR count). The lowest BCUT2D eigenvalue weighted by Gasteiger charge is -2.09. The number of alkyl halides is 1. The highest BCUT2D eigenvalue weighted by atomic mass is 79.9. The number of aromatic nitrogens is 2. The largest absolute Gasteiger partial charge is 0.224 e. The molecule has 0 aliphatic rings. The van der Waals surface area contributed by atoms with Crippen molar-refractivity contribution in [3.8, 4) is 0 Å². The van der Waals surface area contributed by atoms with Gasteiger partial charge >= 0.3 is 0 Å². The van der Waals surface area contributed by atoms with Crippen molar-refractivity contribution in [3.05, 3.63) is 10.8 Å². The van der Waals surface area contributed by atoms with Gasteiger partial charge in [0, 0.05) is 17.2 Å². The van der Waals surface area contributed by atoms with Crippen LogP contribution in [-0.4, -0.2) is 14.2 Å². The van der Waals surface area contributed by atoms with Gasteiger partial charge in [-0.1, -0.05) is 43.6 Å². The molecule has 0 amide bonds. The third kappa shape index (κ3) is 4.60. The summed E-state index contributed by atoms with van der Waals surface area (Å²) in [6.45, 7) is 8.75. The average Bonchev–Trinajstić information content (AvgIpc) is 2.50. The molecule has 0 saturated carbocycles. The molecule has 0 aliphatic heterocycles. The second-order valence-electron chi connectivity index (χ2n) is 4.63. The van der Waals surface area contributed by atoms with Crippen LogP contribution >= 0.6 is 27.5 Å². The van der Waals surface area contributed by atoms with E-state index in [2.05, 4.69) is 53.0 Å². The quantitative estimate of drug-likeness (QED) is 0.766. The molecule has 0 fully saturated rings. The van der Waals surface area contributed by atoms with Gasteiger partial charge in [-0.05, 0) is 23.9 Å². The van der Waals surface area contributed by atoms with Gasteiger partial charge in [-0.15, -0.1) is 0 Å². The van der Waals surface area contributed by atoms with Crippen molar-refractivity contribution in [2.45, 2.75) is 51.3 Å². The van der Waals surface area contributed by atoms with E-state index in [1.807, 2.05) is 0 Å². The topological polar surface area (TPSA) is 25.8 Å². The first-order valence-corrected chi connectivity index (χ1v) is 7.14. The van der Waals surface area contributed by atoms with E-state index in [0.717, 1.165) is 23.2 Å². The Balaban J connectivity index is 2.49. The highest BCUT2D eigenvalue weighted by Gasteiger charge is 2.12. The molecule has 0 bridgehead atoms. The van der Waals surface area contributed by atoms with E-state index in [-0.39, 0.29) is 0 Å². The van der Waals surface area contributed by atoms with E-state index in [9.17, 15) is 0 Å². The Morgan fingerprint density at radius 1 is 1.27 bits per heavy atom. The van der Waals surface area contributed by atoms with E-state index in [4.69, 9.17) is 0 Å². The Morgan fingerprint density at radius 2 is 1.93 bits per heavy atom. The highest BCUT2D eigenvalue weighted by Crippen LogP contribution is 2.20. The smallest absolute Gasteiger partial charge is 0.145 e. The van der Waals surface area contributed by atoms with Gasteiger partial charge in [0.1, 0.15) is 10.8 Å². The van der Waals surface area contributed by atoms with Crippen LogP contribution in [0.1, 0.15) is 50.9 Å². The molecule has 1 heterocycles. The minimum atomic E-state index is 0.439. The van der Waals surface area contributed by atoms with Crippen molar-refractivity contribution < 1.29 is 0 Å². The van der Waals surface area contributed by atoms with Crippen molar-refractivity contribution in [1.29, 1.82) is 0 Å². The lowest BCUT2D eigenvalue weighted by atomic mass is 10.1. The molecule has 0 aromatic carbocycles. The summed E-state index contributed by atoms with van der Waals surface area (Å²) in [5, 5.41) is 1.15. The van der Waals surface area contributed by atoms with Crippen LogP contribution in [0.4, 0.5) is 0 Å². The number of rotatable bonds is 5. The molecule has 1 atom stereocenters. The van der Waals surface area contributed by atoms with Crippen LogP contribution in [0.5, 0.6) is 0 Å². The Morgan fingerprint density at radius 3 is 2.40 bits per heavy atom. The minimum Gasteiger partial charge on any atom is -0.224 e. The monoisotopic (exact) mass is 290 g/mol. The maximum Gasteiger partial charge on any atom is 0.145 e. The summed E-state index contributed by atoms with van der Waals surface area (Å²) in [4.78, 5) is 5.07. The minimum absolute atomic E-state index is 0.439. The first-order valence-electron chi connectivity index (χ1n) is 5.45. The average molecular weight is 291 g/mol. The molecule has 15 heavy (non-hydrogen) atoms. The molecular weight excluding hydrogens is 272 g/mol. The van der Waals surface area contributed by atoms with Crippen molar-refractivity contribution in [1.82, 2.24) is 9.36 Å². The van der Waals surface area contributed by atoms with Gasteiger partial charge in [0.25, 0.3) is 0 Å². The molecule has 0 N–H and O–H groups in total. The summed E-state index contributed by atoms with van der Waals surface area (Å²) in [7, 11) is 0. The Hall–Kier alpha value is 0.0400. The van der Waals surface area contributed by atoms with Gasteiger partial charge in [0.05, 0.1) is 0 Å². The molecule has 1 unspecified atom stereocenters. The molecule has 0 aliphatic carbocycles. The van der Waals surface area contributed by atoms with Crippen LogP contribution in [0.15, 0.2) is 0 Å². The van der Waals surface area contributed by atoms with Crippen LogP contribution in [0.25, 0.3) is 0 Å². The van der Waals surface area contributed by atoms with Gasteiger partial charge < -0.3 is 0 Å². The maximum atomic E-state index is 4.53. The predicted molar refractivity (Wildman–Crippen MR) is 69.9 cm³/mol. The number of nitrogens with zero attached hydrogens (tertiary/aromatic N) is 2. The second-order valence-corrected chi connectivity index (χ2v) is 6.76. The third-order valence-electron chi connectivity index (χ3n) is 2.12. The zero-order valence-corrected chi connectivity index (χ0v) is 12.2. The number of halogens is 1. The Labute approximate surface area is 105 Å². The fourth-order valence-electron chi connectivity index (χ4n) is 1.37. The molecule has 0 radical (unpaired) electrons. The Kier molecular flexibility index (Phi) is 5.19. The van der Waals surface area contributed by atoms with Crippen molar-refractivity contribution in [2.24, 2.45) is 5.92 Å². The molecule has 2 nitrogen and oxygen atoms in total. The van der Waals surface area contributed by atoms with Crippen LogP contribution in [-0.2, 0) is 6.42 Å². The zero-order chi connectivity index (χ0) is 11.4. The summed E-state index contributed by atoms with van der Waals surface area (Å²) >= 11 is 5.24. The van der Waals surface area contributed by atoms with Crippen LogP contribution in [0.2, 0.25) is 0 Å². The van der Waals surface area contributed by atoms with E-state index in [1.54, 1.807) is 11.5 Å². The molecule has 1 aromatic rings. The first-order chi connectivity index (χ1) is 6.99. The molecule has 0 spiro atoms. The van der Waals surface area contributed by atoms with Crippen molar-refractivity contribution in [3.63, 3.8) is 0 Å². The van der Waals surface area contributed by atoms with E-state index >= 15 is 0 Å². The lowest BCUT2D eigenvalue weighted by molar-refractivity contribution is 0.570. The van der Waals surface area contributed by atoms with E-state index in [1.165, 1.54) is 6.42 Å². The van der Waals surface area contributed by atoms with Gasteiger partial charge in [0.2, 0.25) is 0 Å². The molecule has 4 heteroatoms. The lowest BCUT2D eigenvalue weighted by Crippen LogP contribution is -2.06. The van der Waals surface area contributed by atoms with Crippen LogP contribution < -0.4 is 0 Å². The maximum absolute atomic E-state index is 4.53. The van der Waals surface area contributed by atoms with Crippen molar-refractivity contribution >= 4 is 27.5 Å². The normalized spacial score (nSPS) is 13.8. The SMILES string of the molecule is CC(C)CC(Br)Cc1nc(C(C)C)ns1. The van der Waals surface area contributed by atoms with Gasteiger partial charge in [0.15, 0.2) is 0 Å².